The number of non-ortho nitro benzene ring substituents is 2. The number of nitro groups is 2. The van der Waals surface area contributed by atoms with Gasteiger partial charge < -0.3 is 5.32 Å². The normalized spacial score (nSPS) is 13.3. The summed E-state index contributed by atoms with van der Waals surface area (Å²) >= 11 is 0. The third-order valence-corrected chi connectivity index (χ3v) is 5.69. The number of nitrogens with one attached hydrogen (secondary N) is 1. The van der Waals surface area contributed by atoms with Gasteiger partial charge in [-0.3, -0.25) is 39.5 Å². The maximum absolute atomic E-state index is 13.4. The molecule has 11 heteroatoms. The molecule has 3 aromatic rings. The minimum Gasteiger partial charge on any atom is -0.324 e. The second-order valence-electron chi connectivity index (χ2n) is 7.91. The first-order chi connectivity index (χ1) is 16.7. The minimum absolute atomic E-state index is 0.0959. The van der Waals surface area contributed by atoms with E-state index >= 15 is 0 Å². The van der Waals surface area contributed by atoms with Crippen LogP contribution in [0, 0.1) is 27.2 Å². The van der Waals surface area contributed by atoms with Gasteiger partial charge in [0.1, 0.15) is 6.04 Å². The smallest absolute Gasteiger partial charge is 0.269 e. The van der Waals surface area contributed by atoms with Crippen LogP contribution in [0.15, 0.2) is 66.7 Å². The van der Waals surface area contributed by atoms with Crippen LogP contribution in [0.25, 0.3) is 0 Å². The molecular formula is C24H18N4O7. The summed E-state index contributed by atoms with van der Waals surface area (Å²) in [7, 11) is 0. The van der Waals surface area contributed by atoms with Gasteiger partial charge in [0.2, 0.25) is 5.91 Å². The Kier molecular flexibility index (Phi) is 6.07. The zero-order chi connectivity index (χ0) is 25.3. The van der Waals surface area contributed by atoms with Gasteiger partial charge in [-0.2, -0.15) is 0 Å². The molecule has 0 saturated heterocycles. The SMILES string of the molecule is Cc1cc([N+](=O)[O-])ccc1NC(=O)C(Cc1ccc([N+](=O)[O-])cc1)N1C(=O)c2ccccc2C1=O. The number of anilines is 1. The van der Waals surface area contributed by atoms with Crippen LogP contribution in [0.4, 0.5) is 17.1 Å². The highest BCUT2D eigenvalue weighted by molar-refractivity contribution is 6.23. The van der Waals surface area contributed by atoms with Crippen molar-refractivity contribution in [3.63, 3.8) is 0 Å². The largest absolute Gasteiger partial charge is 0.324 e. The summed E-state index contributed by atoms with van der Waals surface area (Å²) in [6.07, 6.45) is -0.0959. The van der Waals surface area contributed by atoms with Gasteiger partial charge in [0.05, 0.1) is 21.0 Å². The molecule has 1 unspecified atom stereocenters. The molecule has 4 rings (SSSR count). The summed E-state index contributed by atoms with van der Waals surface area (Å²) in [6, 6.07) is 14.3. The Morgan fingerprint density at radius 1 is 0.886 bits per heavy atom. The van der Waals surface area contributed by atoms with Crippen molar-refractivity contribution in [3.05, 3.63) is 109 Å². The van der Waals surface area contributed by atoms with Gasteiger partial charge in [-0.15, -0.1) is 0 Å². The van der Waals surface area contributed by atoms with Crippen LogP contribution in [0.2, 0.25) is 0 Å². The van der Waals surface area contributed by atoms with Crippen LogP contribution in [0.3, 0.4) is 0 Å². The lowest BCUT2D eigenvalue weighted by Gasteiger charge is -2.26. The topological polar surface area (TPSA) is 153 Å². The van der Waals surface area contributed by atoms with Crippen molar-refractivity contribution in [1.29, 1.82) is 0 Å². The van der Waals surface area contributed by atoms with E-state index in [0.29, 0.717) is 11.1 Å². The maximum Gasteiger partial charge on any atom is 0.269 e. The maximum atomic E-state index is 13.4. The predicted molar refractivity (Wildman–Crippen MR) is 124 cm³/mol. The summed E-state index contributed by atoms with van der Waals surface area (Å²) < 4.78 is 0. The van der Waals surface area contributed by atoms with Crippen molar-refractivity contribution in [1.82, 2.24) is 4.90 Å². The van der Waals surface area contributed by atoms with Gasteiger partial charge in [0.15, 0.2) is 0 Å². The second kappa shape index (κ2) is 9.14. The van der Waals surface area contributed by atoms with E-state index in [9.17, 15) is 34.6 Å². The average Bonchev–Trinajstić information content (AvgIpc) is 3.09. The predicted octanol–water partition coefficient (Wildman–Crippen LogP) is 3.66. The number of hydrogen-bond donors (Lipinski definition) is 1. The van der Waals surface area contributed by atoms with Crippen LogP contribution in [0.1, 0.15) is 31.8 Å². The Balaban J connectivity index is 1.68. The highest BCUT2D eigenvalue weighted by Crippen LogP contribution is 2.28. The number of nitro benzene ring substituents is 2. The van der Waals surface area contributed by atoms with Gasteiger partial charge >= 0.3 is 0 Å². The Morgan fingerprint density at radius 2 is 1.43 bits per heavy atom. The Hall–Kier alpha value is -4.93. The van der Waals surface area contributed by atoms with Gasteiger partial charge in [0, 0.05) is 36.4 Å². The van der Waals surface area contributed by atoms with E-state index < -0.39 is 33.6 Å². The Morgan fingerprint density at radius 3 is 1.94 bits per heavy atom. The van der Waals surface area contributed by atoms with E-state index in [1.807, 2.05) is 0 Å². The summed E-state index contributed by atoms with van der Waals surface area (Å²) in [5, 5.41) is 24.6. The van der Waals surface area contributed by atoms with Crippen LogP contribution in [-0.4, -0.2) is 38.5 Å². The quantitative estimate of drug-likeness (QED) is 0.311. The van der Waals surface area contributed by atoms with Crippen LogP contribution in [-0.2, 0) is 11.2 Å². The molecular weight excluding hydrogens is 456 g/mol. The number of nitrogens with zero attached hydrogens (tertiary/aromatic N) is 3. The lowest BCUT2D eigenvalue weighted by molar-refractivity contribution is -0.385. The Labute approximate surface area is 198 Å². The molecule has 3 amide bonds. The molecule has 0 fully saturated rings. The minimum atomic E-state index is -1.28. The van der Waals surface area contributed by atoms with Gasteiger partial charge in [-0.05, 0) is 36.2 Å². The number of amides is 3. The molecule has 1 atom stereocenters. The van der Waals surface area contributed by atoms with Crippen molar-refractivity contribution < 1.29 is 24.2 Å². The molecule has 0 aliphatic carbocycles. The molecule has 1 N–H and O–H groups in total. The van der Waals surface area contributed by atoms with Crippen molar-refractivity contribution in [2.24, 2.45) is 0 Å². The van der Waals surface area contributed by atoms with E-state index in [-0.39, 0.29) is 34.6 Å². The van der Waals surface area contributed by atoms with Crippen LogP contribution in [0.5, 0.6) is 0 Å². The molecule has 0 aromatic heterocycles. The third kappa shape index (κ3) is 4.47. The van der Waals surface area contributed by atoms with E-state index in [0.717, 1.165) is 4.90 Å². The monoisotopic (exact) mass is 474 g/mol. The second-order valence-corrected chi connectivity index (χ2v) is 7.91. The first kappa shape index (κ1) is 23.2. The number of fused-ring (bicyclic) bond motifs is 1. The molecule has 0 saturated carbocycles. The van der Waals surface area contributed by atoms with E-state index in [2.05, 4.69) is 5.32 Å². The van der Waals surface area contributed by atoms with Crippen molar-refractivity contribution in [2.75, 3.05) is 5.32 Å². The van der Waals surface area contributed by atoms with Gasteiger partial charge in [-0.1, -0.05) is 24.3 Å². The fourth-order valence-electron chi connectivity index (χ4n) is 3.89. The van der Waals surface area contributed by atoms with Crippen molar-refractivity contribution in [2.45, 2.75) is 19.4 Å². The lowest BCUT2D eigenvalue weighted by atomic mass is 10.0. The fraction of sp³-hybridized carbons (Fsp3) is 0.125. The van der Waals surface area contributed by atoms with Crippen LogP contribution < -0.4 is 5.32 Å². The molecule has 0 spiro atoms. The number of carbonyl (C=O) groups is 3. The van der Waals surface area contributed by atoms with Crippen LogP contribution >= 0.6 is 0 Å². The standard InChI is InChI=1S/C24H18N4O7/c1-14-12-17(28(34)35)10-11-20(14)25-22(29)21(13-15-6-8-16(9-7-15)27(32)33)26-23(30)18-4-2-3-5-19(18)24(26)31/h2-12,21H,13H2,1H3,(H,25,29). The summed E-state index contributed by atoms with van der Waals surface area (Å²) in [6.45, 7) is 1.58. The van der Waals surface area contributed by atoms with Gasteiger partial charge in [-0.25, -0.2) is 0 Å². The molecule has 1 aliphatic rings. The average molecular weight is 474 g/mol. The van der Waals surface area contributed by atoms with Gasteiger partial charge in [0.25, 0.3) is 23.2 Å². The van der Waals surface area contributed by atoms with E-state index in [1.165, 1.54) is 54.6 Å². The zero-order valence-corrected chi connectivity index (χ0v) is 18.3. The van der Waals surface area contributed by atoms with Crippen molar-refractivity contribution in [3.8, 4) is 0 Å². The number of imide groups is 1. The number of hydrogen-bond acceptors (Lipinski definition) is 7. The summed E-state index contributed by atoms with van der Waals surface area (Å²) in [5.74, 6) is -1.95. The third-order valence-electron chi connectivity index (χ3n) is 5.69. The van der Waals surface area contributed by atoms with E-state index in [4.69, 9.17) is 0 Å². The molecule has 35 heavy (non-hydrogen) atoms. The number of rotatable bonds is 7. The highest BCUT2D eigenvalue weighted by Gasteiger charge is 2.42. The molecule has 3 aromatic carbocycles. The Bertz CT molecular complexity index is 1350. The highest BCUT2D eigenvalue weighted by atomic mass is 16.6. The zero-order valence-electron chi connectivity index (χ0n) is 18.3. The van der Waals surface area contributed by atoms with E-state index in [1.54, 1.807) is 19.1 Å². The molecule has 1 heterocycles. The first-order valence-corrected chi connectivity index (χ1v) is 10.4. The molecule has 176 valence electrons. The molecule has 11 nitrogen and oxygen atoms in total. The summed E-state index contributed by atoms with van der Waals surface area (Å²) in [5.41, 5.74) is 1.25. The lowest BCUT2D eigenvalue weighted by Crippen LogP contribution is -2.48. The fourth-order valence-corrected chi connectivity index (χ4v) is 3.89. The molecule has 0 radical (unpaired) electrons. The first-order valence-electron chi connectivity index (χ1n) is 10.4. The number of aryl methyl sites for hydroxylation is 1. The molecule has 0 bridgehead atoms. The molecule has 1 aliphatic heterocycles. The summed E-state index contributed by atoms with van der Waals surface area (Å²) in [4.78, 5) is 61.3. The number of carbonyl (C=O) groups excluding carboxylic acids is 3. The van der Waals surface area contributed by atoms with Crippen molar-refractivity contribution >= 4 is 34.8 Å². The number of benzene rings is 3.